The third-order valence-electron chi connectivity index (χ3n) is 2.23. The van der Waals surface area contributed by atoms with Crippen LogP contribution in [0.3, 0.4) is 0 Å². The molecule has 70 valence electrons. The Balaban J connectivity index is 2.55. The van der Waals surface area contributed by atoms with Crippen LogP contribution in [0.15, 0.2) is 16.6 Å². The number of ether oxygens (including phenoxy) is 1. The second-order valence-electron chi connectivity index (χ2n) is 3.26. The van der Waals surface area contributed by atoms with Crippen LogP contribution in [0.1, 0.15) is 24.2 Å². The second-order valence-corrected chi connectivity index (χ2v) is 4.17. The van der Waals surface area contributed by atoms with E-state index in [4.69, 9.17) is 4.74 Å². The smallest absolute Gasteiger partial charge is 0.128 e. The number of aliphatic hydroxyl groups excluding tert-OH is 1. The lowest BCUT2D eigenvalue weighted by Gasteiger charge is -2.10. The summed E-state index contributed by atoms with van der Waals surface area (Å²) in [4.78, 5) is 0. The van der Waals surface area contributed by atoms with Crippen LogP contribution < -0.4 is 4.74 Å². The fourth-order valence-electron chi connectivity index (χ4n) is 1.61. The Hall–Kier alpha value is -0.540. The Morgan fingerprint density at radius 1 is 1.54 bits per heavy atom. The quantitative estimate of drug-likeness (QED) is 0.820. The summed E-state index contributed by atoms with van der Waals surface area (Å²) in [5.41, 5.74) is 2.06. The van der Waals surface area contributed by atoms with E-state index in [1.165, 1.54) is 5.56 Å². The summed E-state index contributed by atoms with van der Waals surface area (Å²) in [5, 5.41) is 9.51. The Bertz CT molecular complexity index is 334. The first-order valence-electron chi connectivity index (χ1n) is 4.31. The van der Waals surface area contributed by atoms with E-state index in [0.29, 0.717) is 0 Å². The average molecular weight is 243 g/mol. The first-order valence-corrected chi connectivity index (χ1v) is 5.11. The van der Waals surface area contributed by atoms with Gasteiger partial charge in [-0.05, 0) is 24.6 Å². The van der Waals surface area contributed by atoms with Crippen molar-refractivity contribution in [1.29, 1.82) is 0 Å². The van der Waals surface area contributed by atoms with Gasteiger partial charge >= 0.3 is 0 Å². The predicted octanol–water partition coefficient (Wildman–Crippen LogP) is 2.44. The zero-order valence-corrected chi connectivity index (χ0v) is 8.97. The van der Waals surface area contributed by atoms with E-state index in [9.17, 15) is 5.11 Å². The monoisotopic (exact) mass is 242 g/mol. The summed E-state index contributed by atoms with van der Waals surface area (Å²) in [5.74, 6) is 0.873. The molecule has 2 rings (SSSR count). The zero-order valence-electron chi connectivity index (χ0n) is 7.38. The van der Waals surface area contributed by atoms with Crippen LogP contribution in [0, 0.1) is 0 Å². The van der Waals surface area contributed by atoms with Gasteiger partial charge in [0.05, 0.1) is 12.7 Å². The second kappa shape index (κ2) is 3.31. The lowest BCUT2D eigenvalue weighted by Crippen LogP contribution is -1.96. The molecule has 0 aliphatic carbocycles. The van der Waals surface area contributed by atoms with Crippen molar-refractivity contribution in [2.45, 2.75) is 19.4 Å². The van der Waals surface area contributed by atoms with Crippen molar-refractivity contribution in [2.75, 3.05) is 6.61 Å². The molecular formula is C10H11BrO2. The van der Waals surface area contributed by atoms with Crippen LogP contribution in [0.4, 0.5) is 0 Å². The van der Waals surface area contributed by atoms with E-state index in [2.05, 4.69) is 15.9 Å². The third kappa shape index (κ3) is 1.58. The average Bonchev–Trinajstić information content (AvgIpc) is 2.49. The van der Waals surface area contributed by atoms with E-state index in [-0.39, 0.29) is 0 Å². The maximum absolute atomic E-state index is 9.51. The predicted molar refractivity (Wildman–Crippen MR) is 54.0 cm³/mol. The molecule has 0 saturated heterocycles. The van der Waals surface area contributed by atoms with Gasteiger partial charge in [0.15, 0.2) is 0 Å². The Labute approximate surface area is 85.7 Å². The van der Waals surface area contributed by atoms with Gasteiger partial charge in [-0.25, -0.2) is 0 Å². The summed E-state index contributed by atoms with van der Waals surface area (Å²) >= 11 is 3.42. The molecule has 1 heterocycles. The molecule has 1 aromatic carbocycles. The van der Waals surface area contributed by atoms with Crippen LogP contribution in [0.25, 0.3) is 0 Å². The standard InChI is InChI=1S/C10H11BrO2/c1-6(12)9-5-8(11)4-7-2-3-13-10(7)9/h4-6,12H,2-3H2,1H3/t6-/m0/s1. The van der Waals surface area contributed by atoms with Gasteiger partial charge in [-0.15, -0.1) is 0 Å². The van der Waals surface area contributed by atoms with Crippen molar-refractivity contribution in [1.82, 2.24) is 0 Å². The molecule has 1 aliphatic rings. The Morgan fingerprint density at radius 2 is 2.31 bits per heavy atom. The minimum absolute atomic E-state index is 0.468. The highest BCUT2D eigenvalue weighted by molar-refractivity contribution is 9.10. The van der Waals surface area contributed by atoms with Gasteiger partial charge in [0.1, 0.15) is 5.75 Å². The number of rotatable bonds is 1. The molecule has 1 aromatic rings. The number of hydrogen-bond acceptors (Lipinski definition) is 2. The highest BCUT2D eigenvalue weighted by atomic mass is 79.9. The molecule has 0 radical (unpaired) electrons. The minimum Gasteiger partial charge on any atom is -0.493 e. The molecule has 13 heavy (non-hydrogen) atoms. The summed E-state index contributed by atoms with van der Waals surface area (Å²) in [7, 11) is 0. The van der Waals surface area contributed by atoms with E-state index in [1.54, 1.807) is 6.92 Å². The van der Waals surface area contributed by atoms with E-state index in [0.717, 1.165) is 28.8 Å². The molecule has 0 saturated carbocycles. The molecule has 2 nitrogen and oxygen atoms in total. The molecule has 0 unspecified atom stereocenters. The minimum atomic E-state index is -0.468. The zero-order chi connectivity index (χ0) is 9.42. The maximum Gasteiger partial charge on any atom is 0.128 e. The molecule has 0 spiro atoms. The Morgan fingerprint density at radius 3 is 3.00 bits per heavy atom. The number of aliphatic hydroxyl groups is 1. The molecular weight excluding hydrogens is 232 g/mol. The normalized spacial score (nSPS) is 16.5. The van der Waals surface area contributed by atoms with Crippen molar-refractivity contribution < 1.29 is 9.84 Å². The number of benzene rings is 1. The van der Waals surface area contributed by atoms with Crippen LogP contribution in [0.2, 0.25) is 0 Å². The lowest BCUT2D eigenvalue weighted by atomic mass is 10.0. The van der Waals surface area contributed by atoms with Gasteiger partial charge < -0.3 is 9.84 Å². The molecule has 1 atom stereocenters. The van der Waals surface area contributed by atoms with Crippen molar-refractivity contribution in [3.8, 4) is 5.75 Å². The highest BCUT2D eigenvalue weighted by Crippen LogP contribution is 2.36. The molecule has 0 amide bonds. The third-order valence-corrected chi connectivity index (χ3v) is 2.69. The van der Waals surface area contributed by atoms with E-state index in [1.807, 2.05) is 12.1 Å². The molecule has 3 heteroatoms. The maximum atomic E-state index is 9.51. The summed E-state index contributed by atoms with van der Waals surface area (Å²) < 4.78 is 6.47. The van der Waals surface area contributed by atoms with Crippen LogP contribution in [-0.2, 0) is 6.42 Å². The number of halogens is 1. The van der Waals surface area contributed by atoms with Crippen LogP contribution >= 0.6 is 15.9 Å². The number of fused-ring (bicyclic) bond motifs is 1. The van der Waals surface area contributed by atoms with Gasteiger partial charge in [-0.2, -0.15) is 0 Å². The molecule has 1 N–H and O–H groups in total. The molecule has 0 fully saturated rings. The van der Waals surface area contributed by atoms with E-state index < -0.39 is 6.10 Å². The Kier molecular flexibility index (Phi) is 2.30. The van der Waals surface area contributed by atoms with Gasteiger partial charge in [-0.1, -0.05) is 15.9 Å². The SMILES string of the molecule is C[C@H](O)c1cc(Br)cc2c1OCC2. The topological polar surface area (TPSA) is 29.5 Å². The van der Waals surface area contributed by atoms with Gasteiger partial charge in [-0.3, -0.25) is 0 Å². The van der Waals surface area contributed by atoms with Crippen molar-refractivity contribution >= 4 is 15.9 Å². The van der Waals surface area contributed by atoms with Gasteiger partial charge in [0.25, 0.3) is 0 Å². The fourth-order valence-corrected chi connectivity index (χ4v) is 2.13. The summed E-state index contributed by atoms with van der Waals surface area (Å²) in [6.07, 6.45) is 0.471. The van der Waals surface area contributed by atoms with Crippen molar-refractivity contribution in [2.24, 2.45) is 0 Å². The first kappa shape index (κ1) is 9.03. The summed E-state index contributed by atoms with van der Waals surface area (Å²) in [6, 6.07) is 3.96. The van der Waals surface area contributed by atoms with E-state index >= 15 is 0 Å². The largest absolute Gasteiger partial charge is 0.493 e. The number of hydrogen-bond donors (Lipinski definition) is 1. The first-order chi connectivity index (χ1) is 6.18. The molecule has 1 aliphatic heterocycles. The van der Waals surface area contributed by atoms with Crippen LogP contribution in [-0.4, -0.2) is 11.7 Å². The van der Waals surface area contributed by atoms with Crippen molar-refractivity contribution in [3.05, 3.63) is 27.7 Å². The highest BCUT2D eigenvalue weighted by Gasteiger charge is 2.19. The molecule has 0 bridgehead atoms. The van der Waals surface area contributed by atoms with Gasteiger partial charge in [0, 0.05) is 16.5 Å². The van der Waals surface area contributed by atoms with Crippen molar-refractivity contribution in [3.63, 3.8) is 0 Å². The lowest BCUT2D eigenvalue weighted by molar-refractivity contribution is 0.193. The summed E-state index contributed by atoms with van der Waals surface area (Å²) in [6.45, 7) is 2.48. The van der Waals surface area contributed by atoms with Crippen LogP contribution in [0.5, 0.6) is 5.75 Å². The fraction of sp³-hybridized carbons (Fsp3) is 0.400. The molecule has 0 aromatic heterocycles. The van der Waals surface area contributed by atoms with Gasteiger partial charge in [0.2, 0.25) is 0 Å².